The van der Waals surface area contributed by atoms with Gasteiger partial charge in [-0.3, -0.25) is 4.79 Å². The third kappa shape index (κ3) is 3.02. The molecule has 2 heterocycles. The Morgan fingerprint density at radius 1 is 1.14 bits per heavy atom. The SMILES string of the molecule is CNc1nn(-c2nc(C)cc(C)n2)c2c1C(=O)C[C@H](c1ccccc1OC)C2. The number of ether oxygens (including phenoxy) is 1. The Morgan fingerprint density at radius 3 is 2.54 bits per heavy atom. The molecule has 144 valence electrons. The van der Waals surface area contributed by atoms with E-state index in [1.165, 1.54) is 0 Å². The summed E-state index contributed by atoms with van der Waals surface area (Å²) in [5.74, 6) is 1.94. The van der Waals surface area contributed by atoms with Crippen LogP contribution in [-0.4, -0.2) is 39.7 Å². The van der Waals surface area contributed by atoms with E-state index in [-0.39, 0.29) is 11.7 Å². The zero-order valence-corrected chi connectivity index (χ0v) is 16.5. The molecule has 3 aromatic rings. The van der Waals surface area contributed by atoms with E-state index >= 15 is 0 Å². The highest BCUT2D eigenvalue weighted by molar-refractivity contribution is 6.03. The van der Waals surface area contributed by atoms with Crippen molar-refractivity contribution in [3.05, 3.63) is 58.5 Å². The molecule has 0 unspecified atom stereocenters. The fourth-order valence-corrected chi connectivity index (χ4v) is 3.93. The van der Waals surface area contributed by atoms with Crippen molar-refractivity contribution in [1.82, 2.24) is 19.7 Å². The first kappa shape index (κ1) is 18.2. The van der Waals surface area contributed by atoms with Crippen molar-refractivity contribution in [3.8, 4) is 11.7 Å². The maximum absolute atomic E-state index is 13.1. The molecule has 1 aliphatic rings. The molecule has 0 saturated heterocycles. The lowest BCUT2D eigenvalue weighted by molar-refractivity contribution is 0.0964. The van der Waals surface area contributed by atoms with E-state index in [4.69, 9.17) is 4.74 Å². The Morgan fingerprint density at radius 2 is 1.86 bits per heavy atom. The average Bonchev–Trinajstić information content (AvgIpc) is 3.06. The molecule has 1 atom stereocenters. The molecule has 7 nitrogen and oxygen atoms in total. The number of hydrogen-bond donors (Lipinski definition) is 1. The van der Waals surface area contributed by atoms with Crippen LogP contribution in [0.15, 0.2) is 30.3 Å². The van der Waals surface area contributed by atoms with Gasteiger partial charge in [-0.15, -0.1) is 5.10 Å². The van der Waals surface area contributed by atoms with Crippen molar-refractivity contribution >= 4 is 11.6 Å². The van der Waals surface area contributed by atoms with Gasteiger partial charge in [0.05, 0.1) is 18.4 Å². The smallest absolute Gasteiger partial charge is 0.251 e. The number of Topliss-reactive ketones (excluding diaryl/α,β-unsaturated/α-hetero) is 1. The number of ketones is 1. The third-order valence-electron chi connectivity index (χ3n) is 5.11. The number of anilines is 1. The van der Waals surface area contributed by atoms with Gasteiger partial charge in [-0.05, 0) is 38.0 Å². The Balaban J connectivity index is 1.85. The van der Waals surface area contributed by atoms with E-state index < -0.39 is 0 Å². The van der Waals surface area contributed by atoms with E-state index in [0.717, 1.165) is 28.4 Å². The second-order valence-electron chi connectivity index (χ2n) is 7.05. The van der Waals surface area contributed by atoms with Gasteiger partial charge in [-0.25, -0.2) is 14.6 Å². The van der Waals surface area contributed by atoms with Crippen molar-refractivity contribution in [2.24, 2.45) is 0 Å². The quantitative estimate of drug-likeness (QED) is 0.752. The van der Waals surface area contributed by atoms with Crippen molar-refractivity contribution < 1.29 is 9.53 Å². The van der Waals surface area contributed by atoms with Gasteiger partial charge in [0.15, 0.2) is 11.6 Å². The van der Waals surface area contributed by atoms with Gasteiger partial charge in [-0.1, -0.05) is 18.2 Å². The number of benzene rings is 1. The highest BCUT2D eigenvalue weighted by atomic mass is 16.5. The third-order valence-corrected chi connectivity index (χ3v) is 5.11. The largest absolute Gasteiger partial charge is 0.496 e. The molecule has 0 amide bonds. The van der Waals surface area contributed by atoms with E-state index in [9.17, 15) is 4.79 Å². The van der Waals surface area contributed by atoms with Crippen LogP contribution in [0.1, 0.15) is 45.3 Å². The molecule has 28 heavy (non-hydrogen) atoms. The van der Waals surface area contributed by atoms with Gasteiger partial charge in [0, 0.05) is 30.8 Å². The van der Waals surface area contributed by atoms with Crippen LogP contribution in [-0.2, 0) is 6.42 Å². The summed E-state index contributed by atoms with van der Waals surface area (Å²) in [6, 6.07) is 9.78. The number of rotatable bonds is 4. The molecule has 2 aromatic heterocycles. The van der Waals surface area contributed by atoms with Gasteiger partial charge in [0.2, 0.25) is 0 Å². The van der Waals surface area contributed by atoms with E-state index in [1.807, 2.05) is 44.2 Å². The fraction of sp³-hybridized carbons (Fsp3) is 0.333. The van der Waals surface area contributed by atoms with E-state index in [1.54, 1.807) is 18.8 Å². The summed E-state index contributed by atoms with van der Waals surface area (Å²) in [6.07, 6.45) is 1.08. The van der Waals surface area contributed by atoms with Crippen LogP contribution >= 0.6 is 0 Å². The first-order valence-corrected chi connectivity index (χ1v) is 9.30. The molecule has 1 aliphatic carbocycles. The summed E-state index contributed by atoms with van der Waals surface area (Å²) >= 11 is 0. The van der Waals surface area contributed by atoms with Crippen LogP contribution in [0.4, 0.5) is 5.82 Å². The number of hydrogen-bond acceptors (Lipinski definition) is 6. The number of aryl methyl sites for hydroxylation is 2. The molecule has 7 heteroatoms. The lowest BCUT2D eigenvalue weighted by Crippen LogP contribution is -2.21. The number of carbonyl (C=O) groups excluding carboxylic acids is 1. The van der Waals surface area contributed by atoms with Crippen LogP contribution in [0.5, 0.6) is 5.75 Å². The number of nitrogens with zero attached hydrogens (tertiary/aromatic N) is 4. The maximum Gasteiger partial charge on any atom is 0.251 e. The fourth-order valence-electron chi connectivity index (χ4n) is 3.93. The Bertz CT molecular complexity index is 1040. The standard InChI is InChI=1S/C21H23N5O2/c1-12-9-13(2)24-21(23-12)26-16-10-14(15-7-5-6-8-18(15)28-4)11-17(27)19(16)20(22-3)25-26/h5-9,14H,10-11H2,1-4H3,(H,22,25)/t14-/m1/s1. The summed E-state index contributed by atoms with van der Waals surface area (Å²) in [5.41, 5.74) is 4.23. The Labute approximate surface area is 163 Å². The molecular formula is C21H23N5O2. The number of carbonyl (C=O) groups is 1. The second kappa shape index (κ2) is 7.07. The summed E-state index contributed by atoms with van der Waals surface area (Å²) in [4.78, 5) is 22.1. The summed E-state index contributed by atoms with van der Waals surface area (Å²) in [7, 11) is 3.43. The molecule has 1 N–H and O–H groups in total. The number of aromatic nitrogens is 4. The number of para-hydroxylation sites is 1. The molecule has 0 fully saturated rings. The predicted octanol–water partition coefficient (Wildman–Crippen LogP) is 3.24. The zero-order valence-electron chi connectivity index (χ0n) is 16.5. The van der Waals surface area contributed by atoms with Gasteiger partial charge in [0.25, 0.3) is 5.95 Å². The average molecular weight is 377 g/mol. The summed E-state index contributed by atoms with van der Waals surface area (Å²) in [5, 5.41) is 7.66. The minimum atomic E-state index is 0.0159. The summed E-state index contributed by atoms with van der Waals surface area (Å²) < 4.78 is 7.23. The minimum absolute atomic E-state index is 0.0159. The Kier molecular flexibility index (Phi) is 4.58. The van der Waals surface area contributed by atoms with E-state index in [0.29, 0.717) is 30.2 Å². The number of fused-ring (bicyclic) bond motifs is 1. The zero-order chi connectivity index (χ0) is 19.8. The highest BCUT2D eigenvalue weighted by Crippen LogP contribution is 2.39. The summed E-state index contributed by atoms with van der Waals surface area (Å²) in [6.45, 7) is 3.85. The lowest BCUT2D eigenvalue weighted by atomic mass is 9.81. The number of methoxy groups -OCH3 is 1. The Hall–Kier alpha value is -3.22. The molecular weight excluding hydrogens is 354 g/mol. The van der Waals surface area contributed by atoms with Gasteiger partial charge < -0.3 is 10.1 Å². The lowest BCUT2D eigenvalue weighted by Gasteiger charge is -2.24. The van der Waals surface area contributed by atoms with Crippen molar-refractivity contribution in [2.75, 3.05) is 19.5 Å². The van der Waals surface area contributed by atoms with Crippen molar-refractivity contribution in [2.45, 2.75) is 32.6 Å². The van der Waals surface area contributed by atoms with Crippen LogP contribution in [0, 0.1) is 13.8 Å². The predicted molar refractivity (Wildman–Crippen MR) is 107 cm³/mol. The van der Waals surface area contributed by atoms with Crippen LogP contribution in [0.3, 0.4) is 0 Å². The van der Waals surface area contributed by atoms with Crippen molar-refractivity contribution in [3.63, 3.8) is 0 Å². The molecule has 4 rings (SSSR count). The molecule has 1 aromatic carbocycles. The minimum Gasteiger partial charge on any atom is -0.496 e. The first-order chi connectivity index (χ1) is 13.5. The van der Waals surface area contributed by atoms with E-state index in [2.05, 4.69) is 20.4 Å². The first-order valence-electron chi connectivity index (χ1n) is 9.30. The molecule has 0 saturated carbocycles. The number of nitrogens with one attached hydrogen (secondary N) is 1. The highest BCUT2D eigenvalue weighted by Gasteiger charge is 2.34. The monoisotopic (exact) mass is 377 g/mol. The van der Waals surface area contributed by atoms with Gasteiger partial charge in [-0.2, -0.15) is 0 Å². The molecule has 0 radical (unpaired) electrons. The maximum atomic E-state index is 13.1. The van der Waals surface area contributed by atoms with Crippen LogP contribution in [0.25, 0.3) is 5.95 Å². The second-order valence-corrected chi connectivity index (χ2v) is 7.05. The topological polar surface area (TPSA) is 81.9 Å². The molecule has 0 bridgehead atoms. The van der Waals surface area contributed by atoms with Crippen LogP contribution < -0.4 is 10.1 Å². The van der Waals surface area contributed by atoms with Crippen LogP contribution in [0.2, 0.25) is 0 Å². The van der Waals surface area contributed by atoms with Crippen molar-refractivity contribution in [1.29, 1.82) is 0 Å². The van der Waals surface area contributed by atoms with Gasteiger partial charge >= 0.3 is 0 Å². The molecule has 0 aliphatic heterocycles. The molecule has 0 spiro atoms. The normalized spacial score (nSPS) is 16.0. The van der Waals surface area contributed by atoms with Gasteiger partial charge in [0.1, 0.15) is 5.75 Å².